The summed E-state index contributed by atoms with van der Waals surface area (Å²) in [7, 11) is 0. The van der Waals surface area contributed by atoms with Gasteiger partial charge >= 0.3 is 0 Å². The summed E-state index contributed by atoms with van der Waals surface area (Å²) >= 11 is 11.6. The number of hydrogen-bond donors (Lipinski definition) is 1. The minimum absolute atomic E-state index is 0.195. The van der Waals surface area contributed by atoms with Crippen molar-refractivity contribution in [1.82, 2.24) is 0 Å². The fourth-order valence-electron chi connectivity index (χ4n) is 2.36. The van der Waals surface area contributed by atoms with Gasteiger partial charge in [0.05, 0.1) is 11.1 Å². The predicted octanol–water partition coefficient (Wildman–Crippen LogP) is 5.67. The normalized spacial score (nSPS) is 12.8. The highest BCUT2D eigenvalue weighted by Crippen LogP contribution is 2.38. The van der Waals surface area contributed by atoms with Crippen LogP contribution in [-0.2, 0) is 0 Å². The average molecular weight is 367 g/mol. The Bertz CT molecular complexity index is 781. The molecule has 1 nitrogen and oxygen atoms in total. The van der Waals surface area contributed by atoms with Crippen LogP contribution in [0.1, 0.15) is 22.0 Å². The first-order valence-corrected chi connectivity index (χ1v) is 8.31. The van der Waals surface area contributed by atoms with E-state index in [1.54, 1.807) is 11.3 Å². The van der Waals surface area contributed by atoms with Crippen LogP contribution in [0.25, 0.3) is 10.8 Å². The van der Waals surface area contributed by atoms with E-state index in [1.807, 2.05) is 25.1 Å². The lowest BCUT2D eigenvalue weighted by Crippen LogP contribution is -2.11. The monoisotopic (exact) mass is 365 g/mol. The highest BCUT2D eigenvalue weighted by Gasteiger charge is 2.18. The van der Waals surface area contributed by atoms with E-state index in [-0.39, 0.29) is 6.04 Å². The van der Waals surface area contributed by atoms with Crippen LogP contribution in [0.2, 0.25) is 5.02 Å². The van der Waals surface area contributed by atoms with Gasteiger partial charge in [-0.25, -0.2) is 0 Å². The zero-order chi connectivity index (χ0) is 14.3. The van der Waals surface area contributed by atoms with Crippen molar-refractivity contribution in [2.75, 3.05) is 0 Å². The topological polar surface area (TPSA) is 26.0 Å². The van der Waals surface area contributed by atoms with Gasteiger partial charge in [0.2, 0.25) is 0 Å². The van der Waals surface area contributed by atoms with Gasteiger partial charge in [-0.3, -0.25) is 0 Å². The van der Waals surface area contributed by atoms with Crippen LogP contribution in [0, 0.1) is 6.92 Å². The Morgan fingerprint density at radius 1 is 1.15 bits per heavy atom. The maximum absolute atomic E-state index is 6.46. The number of rotatable bonds is 2. The lowest BCUT2D eigenvalue weighted by atomic mass is 9.98. The summed E-state index contributed by atoms with van der Waals surface area (Å²) < 4.78 is 1.08. The van der Waals surface area contributed by atoms with Crippen LogP contribution in [0.15, 0.2) is 46.3 Å². The number of aryl methyl sites for hydroxylation is 1. The van der Waals surface area contributed by atoms with Gasteiger partial charge in [-0.15, -0.1) is 11.3 Å². The summed E-state index contributed by atoms with van der Waals surface area (Å²) in [6.45, 7) is 2.01. The molecule has 0 fully saturated rings. The van der Waals surface area contributed by atoms with Gasteiger partial charge in [0.1, 0.15) is 0 Å². The molecule has 1 atom stereocenters. The molecule has 1 unspecified atom stereocenters. The molecule has 0 radical (unpaired) electrons. The van der Waals surface area contributed by atoms with Gasteiger partial charge in [-0.1, -0.05) is 57.9 Å². The summed E-state index contributed by atoms with van der Waals surface area (Å²) in [6.07, 6.45) is 0. The molecule has 3 rings (SSSR count). The molecule has 4 heteroatoms. The summed E-state index contributed by atoms with van der Waals surface area (Å²) in [5.41, 5.74) is 8.65. The molecule has 3 aromatic rings. The van der Waals surface area contributed by atoms with Gasteiger partial charge in [-0.05, 0) is 40.3 Å². The molecule has 0 spiro atoms. The number of fused-ring (bicyclic) bond motifs is 1. The van der Waals surface area contributed by atoms with E-state index in [0.717, 1.165) is 30.9 Å². The minimum Gasteiger partial charge on any atom is -0.320 e. The molecule has 0 aliphatic heterocycles. The first kappa shape index (κ1) is 14.1. The zero-order valence-electron chi connectivity index (χ0n) is 10.9. The van der Waals surface area contributed by atoms with E-state index in [1.165, 1.54) is 5.39 Å². The van der Waals surface area contributed by atoms with E-state index >= 15 is 0 Å². The minimum atomic E-state index is -0.195. The van der Waals surface area contributed by atoms with Crippen molar-refractivity contribution in [3.05, 3.63) is 67.3 Å². The number of thiophene rings is 1. The molecule has 2 N–H and O–H groups in total. The van der Waals surface area contributed by atoms with Crippen molar-refractivity contribution in [1.29, 1.82) is 0 Å². The molecule has 0 amide bonds. The number of nitrogens with two attached hydrogens (primary N) is 1. The van der Waals surface area contributed by atoms with E-state index in [2.05, 4.69) is 39.5 Å². The average Bonchev–Trinajstić information content (AvgIpc) is 2.79. The first-order chi connectivity index (χ1) is 9.59. The van der Waals surface area contributed by atoms with Gasteiger partial charge in [0.25, 0.3) is 0 Å². The smallest absolute Gasteiger partial charge is 0.0667 e. The Kier molecular flexibility index (Phi) is 3.87. The van der Waals surface area contributed by atoms with Crippen molar-refractivity contribution in [3.63, 3.8) is 0 Å². The molecule has 102 valence electrons. The summed E-state index contributed by atoms with van der Waals surface area (Å²) in [4.78, 5) is 1.02. The van der Waals surface area contributed by atoms with Crippen molar-refractivity contribution >= 4 is 49.6 Å². The molecule has 20 heavy (non-hydrogen) atoms. The summed E-state index contributed by atoms with van der Waals surface area (Å²) in [5, 5.41) is 5.18. The second-order valence-corrected chi connectivity index (χ2v) is 6.90. The molecule has 0 saturated heterocycles. The highest BCUT2D eigenvalue weighted by atomic mass is 79.9. The van der Waals surface area contributed by atoms with Gasteiger partial charge in [0, 0.05) is 9.35 Å². The summed E-state index contributed by atoms with van der Waals surface area (Å²) in [6, 6.07) is 12.2. The Morgan fingerprint density at radius 2 is 1.85 bits per heavy atom. The van der Waals surface area contributed by atoms with Crippen LogP contribution in [0.5, 0.6) is 0 Å². The van der Waals surface area contributed by atoms with E-state index in [9.17, 15) is 0 Å². The molecular weight excluding hydrogens is 354 g/mol. The Hall–Kier alpha value is -0.870. The highest BCUT2D eigenvalue weighted by molar-refractivity contribution is 9.10. The maximum Gasteiger partial charge on any atom is 0.0667 e. The van der Waals surface area contributed by atoms with Crippen molar-refractivity contribution < 1.29 is 0 Å². The number of hydrogen-bond acceptors (Lipinski definition) is 2. The molecule has 2 aromatic carbocycles. The van der Waals surface area contributed by atoms with E-state index in [0.29, 0.717) is 0 Å². The van der Waals surface area contributed by atoms with E-state index in [4.69, 9.17) is 17.3 Å². The van der Waals surface area contributed by atoms with Gasteiger partial charge in [-0.2, -0.15) is 0 Å². The predicted molar refractivity (Wildman–Crippen MR) is 91.7 cm³/mol. The lowest BCUT2D eigenvalue weighted by Gasteiger charge is -2.15. The Morgan fingerprint density at radius 3 is 2.50 bits per heavy atom. The zero-order valence-corrected chi connectivity index (χ0v) is 14.0. The van der Waals surface area contributed by atoms with Gasteiger partial charge in [0.15, 0.2) is 0 Å². The maximum atomic E-state index is 6.46. The molecular formula is C16H13BrClNS. The fraction of sp³-hybridized carbons (Fsp3) is 0.125. The molecule has 0 bridgehead atoms. The Balaban J connectivity index is 2.20. The molecule has 1 heterocycles. The van der Waals surface area contributed by atoms with Crippen molar-refractivity contribution in [2.24, 2.45) is 5.73 Å². The second-order valence-electron chi connectivity index (χ2n) is 4.76. The van der Waals surface area contributed by atoms with Crippen LogP contribution >= 0.6 is 38.9 Å². The Labute approximate surface area is 135 Å². The largest absolute Gasteiger partial charge is 0.320 e. The molecule has 0 aliphatic carbocycles. The fourth-order valence-corrected chi connectivity index (χ4v) is 4.17. The van der Waals surface area contributed by atoms with Crippen molar-refractivity contribution in [2.45, 2.75) is 13.0 Å². The third-order valence-electron chi connectivity index (χ3n) is 3.45. The molecule has 0 aliphatic rings. The van der Waals surface area contributed by atoms with Crippen LogP contribution < -0.4 is 5.73 Å². The molecule has 1 aromatic heterocycles. The third kappa shape index (κ3) is 2.29. The van der Waals surface area contributed by atoms with Crippen LogP contribution in [0.4, 0.5) is 0 Å². The number of halogens is 2. The third-order valence-corrected chi connectivity index (χ3v) is 5.94. The first-order valence-electron chi connectivity index (χ1n) is 6.26. The number of benzene rings is 2. The van der Waals surface area contributed by atoms with Crippen LogP contribution in [0.3, 0.4) is 0 Å². The van der Waals surface area contributed by atoms with Crippen molar-refractivity contribution in [3.8, 4) is 0 Å². The standard InChI is InChI=1S/C16H13BrClNS/c1-9-8-20-16(14(9)18)15(19)12-6-7-13(17)11-5-3-2-4-10(11)12/h2-8,15H,19H2,1H3. The van der Waals surface area contributed by atoms with Crippen LogP contribution in [-0.4, -0.2) is 0 Å². The van der Waals surface area contributed by atoms with E-state index < -0.39 is 0 Å². The summed E-state index contributed by atoms with van der Waals surface area (Å²) in [5.74, 6) is 0. The second kappa shape index (κ2) is 5.49. The molecule has 0 saturated carbocycles. The lowest BCUT2D eigenvalue weighted by molar-refractivity contribution is 0.902. The SMILES string of the molecule is Cc1csc(C(N)c2ccc(Br)c3ccccc23)c1Cl. The quantitative estimate of drug-likeness (QED) is 0.621. The van der Waals surface area contributed by atoms with Gasteiger partial charge < -0.3 is 5.73 Å².